The summed E-state index contributed by atoms with van der Waals surface area (Å²) >= 11 is 0. The van der Waals surface area contributed by atoms with Crippen molar-refractivity contribution in [3.63, 3.8) is 0 Å². The Hall–Kier alpha value is -2.24. The van der Waals surface area contributed by atoms with Crippen LogP contribution in [0.15, 0.2) is 12.1 Å². The maximum atomic E-state index is 11.1. The molecule has 0 unspecified atom stereocenters. The molecule has 0 atom stereocenters. The molecule has 170 valence electrons. The molecule has 0 bridgehead atoms. The Morgan fingerprint density at radius 2 is 1.33 bits per heavy atom. The first kappa shape index (κ1) is 25.8. The second kappa shape index (κ2) is 11.8. The van der Waals surface area contributed by atoms with E-state index in [1.54, 1.807) is 13.8 Å². The standard InChI is InChI=1S/C24H38O6/c1-23(2,22(28)29)15-9-5-7-11-18-13-14-19(21(27)20(18)26)12-8-6-10-16-24(3,4)30-17-25/h13-14,17,26-27H,5-12,15-16H2,1-4H3,(H,28,29). The van der Waals surface area contributed by atoms with Crippen molar-refractivity contribution in [2.75, 3.05) is 0 Å². The molecule has 0 aliphatic heterocycles. The fourth-order valence-electron chi connectivity index (χ4n) is 3.46. The maximum absolute atomic E-state index is 11.1. The van der Waals surface area contributed by atoms with Crippen molar-refractivity contribution in [1.82, 2.24) is 0 Å². The highest BCUT2D eigenvalue weighted by Crippen LogP contribution is 2.35. The van der Waals surface area contributed by atoms with Crippen molar-refractivity contribution in [1.29, 1.82) is 0 Å². The molecular weight excluding hydrogens is 384 g/mol. The Labute approximate surface area is 180 Å². The van der Waals surface area contributed by atoms with E-state index in [1.807, 2.05) is 26.0 Å². The average molecular weight is 423 g/mol. The second-order valence-electron chi connectivity index (χ2n) is 9.37. The number of aromatic hydroxyl groups is 2. The van der Waals surface area contributed by atoms with E-state index >= 15 is 0 Å². The van der Waals surface area contributed by atoms with Gasteiger partial charge in [-0.1, -0.05) is 31.4 Å². The van der Waals surface area contributed by atoms with Crippen molar-refractivity contribution in [3.05, 3.63) is 23.3 Å². The molecule has 6 nitrogen and oxygen atoms in total. The van der Waals surface area contributed by atoms with Crippen LogP contribution in [0, 0.1) is 5.41 Å². The topological polar surface area (TPSA) is 104 Å². The van der Waals surface area contributed by atoms with Crippen LogP contribution in [0.5, 0.6) is 11.5 Å². The van der Waals surface area contributed by atoms with E-state index in [-0.39, 0.29) is 11.5 Å². The number of aliphatic carboxylic acids is 1. The number of hydrogen-bond acceptors (Lipinski definition) is 5. The Balaban J connectivity index is 2.41. The molecule has 0 radical (unpaired) electrons. The van der Waals surface area contributed by atoms with E-state index < -0.39 is 17.0 Å². The monoisotopic (exact) mass is 422 g/mol. The number of rotatable bonds is 15. The summed E-state index contributed by atoms with van der Waals surface area (Å²) in [6.45, 7) is 7.73. The summed E-state index contributed by atoms with van der Waals surface area (Å²) in [5.41, 5.74) is 0.302. The number of carboxylic acid groups (broad SMARTS) is 1. The highest BCUT2D eigenvalue weighted by atomic mass is 16.5. The van der Waals surface area contributed by atoms with E-state index in [2.05, 4.69) is 0 Å². The first-order valence-corrected chi connectivity index (χ1v) is 10.9. The highest BCUT2D eigenvalue weighted by Gasteiger charge is 2.26. The van der Waals surface area contributed by atoms with Crippen molar-refractivity contribution >= 4 is 12.4 Å². The van der Waals surface area contributed by atoms with Crippen molar-refractivity contribution in [2.24, 2.45) is 5.41 Å². The fourth-order valence-corrected chi connectivity index (χ4v) is 3.46. The minimum atomic E-state index is -0.779. The molecule has 0 fully saturated rings. The third-order valence-electron chi connectivity index (χ3n) is 5.74. The summed E-state index contributed by atoms with van der Waals surface area (Å²) in [6.07, 6.45) is 8.01. The van der Waals surface area contributed by atoms with Crippen LogP contribution in [0.2, 0.25) is 0 Å². The van der Waals surface area contributed by atoms with Gasteiger partial charge < -0.3 is 20.1 Å². The van der Waals surface area contributed by atoms with E-state index in [1.165, 1.54) is 0 Å². The molecule has 0 saturated heterocycles. The van der Waals surface area contributed by atoms with Gasteiger partial charge in [0.1, 0.15) is 5.60 Å². The number of benzene rings is 1. The molecule has 1 aromatic carbocycles. The first-order chi connectivity index (χ1) is 14.0. The Kier molecular flexibility index (Phi) is 10.2. The van der Waals surface area contributed by atoms with Gasteiger partial charge in [-0.15, -0.1) is 0 Å². The molecular formula is C24H38O6. The predicted molar refractivity (Wildman–Crippen MR) is 117 cm³/mol. The molecule has 30 heavy (non-hydrogen) atoms. The minimum Gasteiger partial charge on any atom is -0.504 e. The Morgan fingerprint density at radius 1 is 0.867 bits per heavy atom. The zero-order valence-corrected chi connectivity index (χ0v) is 18.9. The van der Waals surface area contributed by atoms with Gasteiger partial charge >= 0.3 is 5.97 Å². The van der Waals surface area contributed by atoms with Gasteiger partial charge in [0.25, 0.3) is 6.47 Å². The fraction of sp³-hybridized carbons (Fsp3) is 0.667. The molecule has 3 N–H and O–H groups in total. The Bertz CT molecular complexity index is 693. The van der Waals surface area contributed by atoms with E-state index in [0.29, 0.717) is 25.7 Å². The van der Waals surface area contributed by atoms with E-state index in [0.717, 1.165) is 56.1 Å². The first-order valence-electron chi connectivity index (χ1n) is 10.9. The summed E-state index contributed by atoms with van der Waals surface area (Å²) in [6, 6.07) is 3.74. The van der Waals surface area contributed by atoms with E-state index in [9.17, 15) is 19.8 Å². The molecule has 0 aliphatic rings. The second-order valence-corrected chi connectivity index (χ2v) is 9.37. The summed E-state index contributed by atoms with van der Waals surface area (Å²) in [4.78, 5) is 21.6. The number of phenolic OH excluding ortho intramolecular Hbond substituents is 2. The smallest absolute Gasteiger partial charge is 0.309 e. The zero-order chi connectivity index (χ0) is 22.8. The molecule has 6 heteroatoms. The van der Waals surface area contributed by atoms with Gasteiger partial charge in [0.05, 0.1) is 5.41 Å². The number of phenols is 2. The summed E-state index contributed by atoms with van der Waals surface area (Å²) < 4.78 is 5.04. The largest absolute Gasteiger partial charge is 0.504 e. The lowest BCUT2D eigenvalue weighted by Gasteiger charge is -2.22. The number of carbonyl (C=O) groups excluding carboxylic acids is 1. The molecule has 0 aliphatic carbocycles. The van der Waals surface area contributed by atoms with Crippen LogP contribution in [-0.2, 0) is 27.2 Å². The molecule has 0 spiro atoms. The van der Waals surface area contributed by atoms with Crippen LogP contribution in [0.3, 0.4) is 0 Å². The molecule has 0 saturated carbocycles. The normalized spacial score (nSPS) is 12.0. The van der Waals surface area contributed by atoms with Gasteiger partial charge in [0.2, 0.25) is 0 Å². The summed E-state index contributed by atoms with van der Waals surface area (Å²) in [7, 11) is 0. The lowest BCUT2D eigenvalue weighted by atomic mass is 9.87. The molecule has 0 aromatic heterocycles. The van der Waals surface area contributed by atoms with Crippen LogP contribution in [0.4, 0.5) is 0 Å². The van der Waals surface area contributed by atoms with Crippen molar-refractivity contribution in [3.8, 4) is 11.5 Å². The third kappa shape index (κ3) is 8.64. The van der Waals surface area contributed by atoms with Crippen LogP contribution >= 0.6 is 0 Å². The van der Waals surface area contributed by atoms with Gasteiger partial charge in [-0.05, 0) is 83.8 Å². The predicted octanol–water partition coefficient (Wildman–Crippen LogP) is 5.37. The van der Waals surface area contributed by atoms with Crippen LogP contribution in [0.1, 0.15) is 90.2 Å². The number of hydrogen-bond donors (Lipinski definition) is 3. The van der Waals surface area contributed by atoms with E-state index in [4.69, 9.17) is 9.84 Å². The summed E-state index contributed by atoms with van der Waals surface area (Å²) in [5, 5.41) is 29.8. The van der Waals surface area contributed by atoms with Gasteiger partial charge in [-0.2, -0.15) is 0 Å². The number of ether oxygens (including phenoxy) is 1. The third-order valence-corrected chi connectivity index (χ3v) is 5.74. The van der Waals surface area contributed by atoms with Gasteiger partial charge in [0, 0.05) is 0 Å². The van der Waals surface area contributed by atoms with Gasteiger partial charge in [-0.25, -0.2) is 0 Å². The average Bonchev–Trinajstić information content (AvgIpc) is 2.65. The van der Waals surface area contributed by atoms with Crippen molar-refractivity contribution in [2.45, 2.75) is 97.5 Å². The highest BCUT2D eigenvalue weighted by molar-refractivity contribution is 5.73. The quantitative estimate of drug-likeness (QED) is 0.199. The molecule has 0 heterocycles. The molecule has 1 rings (SSSR count). The van der Waals surface area contributed by atoms with Crippen molar-refractivity contribution < 1.29 is 29.6 Å². The molecule has 0 amide bonds. The lowest BCUT2D eigenvalue weighted by Crippen LogP contribution is -2.23. The summed E-state index contributed by atoms with van der Waals surface area (Å²) in [5.74, 6) is -0.860. The number of aryl methyl sites for hydroxylation is 2. The Morgan fingerprint density at radius 3 is 1.77 bits per heavy atom. The minimum absolute atomic E-state index is 0.0378. The number of carbonyl (C=O) groups is 2. The maximum Gasteiger partial charge on any atom is 0.309 e. The van der Waals surface area contributed by atoms with Crippen LogP contribution in [0.25, 0.3) is 0 Å². The number of unbranched alkanes of at least 4 members (excludes halogenated alkanes) is 4. The zero-order valence-electron chi connectivity index (χ0n) is 18.9. The van der Waals surface area contributed by atoms with Crippen LogP contribution in [-0.4, -0.2) is 33.4 Å². The van der Waals surface area contributed by atoms with Crippen LogP contribution < -0.4 is 0 Å². The lowest BCUT2D eigenvalue weighted by molar-refractivity contribution is -0.147. The van der Waals surface area contributed by atoms with Gasteiger partial charge in [-0.3, -0.25) is 9.59 Å². The SMILES string of the molecule is CC(C)(CCCCCc1ccc(CCCCCC(C)(C)C(=O)O)c(O)c1O)OC=O. The van der Waals surface area contributed by atoms with Gasteiger partial charge in [0.15, 0.2) is 11.5 Å². The number of carboxylic acids is 1. The molecule has 1 aromatic rings.